The van der Waals surface area contributed by atoms with Crippen molar-refractivity contribution < 1.29 is 9.47 Å². The van der Waals surface area contributed by atoms with E-state index in [0.717, 1.165) is 20.1 Å². The van der Waals surface area contributed by atoms with Gasteiger partial charge in [0.2, 0.25) is 6.29 Å². The Labute approximate surface area is 110 Å². The quantitative estimate of drug-likeness (QED) is 0.800. The Balaban J connectivity index is 2.25. The molecule has 0 aliphatic carbocycles. The van der Waals surface area contributed by atoms with E-state index in [0.29, 0.717) is 0 Å². The second-order valence-electron chi connectivity index (χ2n) is 3.01. The van der Waals surface area contributed by atoms with Gasteiger partial charge in [0.15, 0.2) is 0 Å². The second-order valence-corrected chi connectivity index (χ2v) is 5.70. The molecule has 86 valence electrons. The Morgan fingerprint density at radius 1 is 1.25 bits per heavy atom. The van der Waals surface area contributed by atoms with Crippen LogP contribution in [0.3, 0.4) is 0 Å². The van der Waals surface area contributed by atoms with Gasteiger partial charge in [-0.3, -0.25) is 0 Å². The number of aromatic nitrogens is 1. The van der Waals surface area contributed by atoms with Crippen LogP contribution in [0.15, 0.2) is 21.3 Å². The van der Waals surface area contributed by atoms with Crippen LogP contribution in [0.2, 0.25) is 0 Å². The number of halogens is 1. The minimum Gasteiger partial charge on any atom is -0.350 e. The van der Waals surface area contributed by atoms with Gasteiger partial charge in [-0.15, -0.1) is 22.7 Å². The van der Waals surface area contributed by atoms with Gasteiger partial charge in [0.05, 0.1) is 4.88 Å². The van der Waals surface area contributed by atoms with E-state index in [1.807, 2.05) is 10.8 Å². The molecule has 0 atom stereocenters. The molecule has 0 fully saturated rings. The van der Waals surface area contributed by atoms with Gasteiger partial charge < -0.3 is 9.47 Å². The Bertz CT molecular complexity index is 465. The zero-order chi connectivity index (χ0) is 11.5. The van der Waals surface area contributed by atoms with E-state index in [2.05, 4.69) is 27.0 Å². The fourth-order valence-electron chi connectivity index (χ4n) is 1.27. The van der Waals surface area contributed by atoms with E-state index >= 15 is 0 Å². The van der Waals surface area contributed by atoms with Crippen LogP contribution >= 0.6 is 38.6 Å². The summed E-state index contributed by atoms with van der Waals surface area (Å²) in [6.07, 6.45) is -0.381. The van der Waals surface area contributed by atoms with Crippen LogP contribution in [0.25, 0.3) is 9.88 Å². The van der Waals surface area contributed by atoms with Crippen LogP contribution in [0, 0.1) is 0 Å². The van der Waals surface area contributed by atoms with Crippen molar-refractivity contribution in [3.8, 4) is 9.88 Å². The van der Waals surface area contributed by atoms with E-state index in [-0.39, 0.29) is 6.29 Å². The van der Waals surface area contributed by atoms with Gasteiger partial charge in [-0.25, -0.2) is 4.98 Å². The molecule has 3 nitrogen and oxygen atoms in total. The van der Waals surface area contributed by atoms with Crippen molar-refractivity contribution in [3.63, 3.8) is 0 Å². The van der Waals surface area contributed by atoms with Gasteiger partial charge in [-0.2, -0.15) is 0 Å². The number of nitrogens with zero attached hydrogens (tertiary/aromatic N) is 1. The standard InChI is InChI=1S/C10H10BrNO2S2/c1-13-10(14-2)7-5-16-9(12-7)8-3-6(11)4-15-8/h3-5,10H,1-2H3. The van der Waals surface area contributed by atoms with Crippen molar-refractivity contribution in [3.05, 3.63) is 27.0 Å². The first kappa shape index (κ1) is 12.2. The average Bonchev–Trinajstić information content (AvgIpc) is 2.89. The predicted octanol–water partition coefficient (Wildman–Crippen LogP) is 3.93. The third-order valence-corrected chi connectivity index (χ3v) is 4.69. The predicted molar refractivity (Wildman–Crippen MR) is 69.9 cm³/mol. The summed E-state index contributed by atoms with van der Waals surface area (Å²) in [6, 6.07) is 2.06. The molecular weight excluding hydrogens is 310 g/mol. The summed E-state index contributed by atoms with van der Waals surface area (Å²) in [6.45, 7) is 0. The van der Waals surface area contributed by atoms with Gasteiger partial charge in [0.25, 0.3) is 0 Å². The number of rotatable bonds is 4. The Kier molecular flexibility index (Phi) is 4.10. The van der Waals surface area contributed by atoms with E-state index in [9.17, 15) is 0 Å². The number of hydrogen-bond acceptors (Lipinski definition) is 5. The lowest BCUT2D eigenvalue weighted by Gasteiger charge is -2.09. The monoisotopic (exact) mass is 319 g/mol. The Hall–Kier alpha value is -0.270. The van der Waals surface area contributed by atoms with Gasteiger partial charge in [-0.05, 0) is 22.0 Å². The average molecular weight is 320 g/mol. The maximum absolute atomic E-state index is 5.16. The fourth-order valence-corrected chi connectivity index (χ4v) is 3.60. The molecule has 6 heteroatoms. The molecule has 0 saturated carbocycles. The molecule has 0 unspecified atom stereocenters. The Morgan fingerprint density at radius 2 is 2.00 bits per heavy atom. The summed E-state index contributed by atoms with van der Waals surface area (Å²) in [5.74, 6) is 0. The van der Waals surface area contributed by atoms with Crippen LogP contribution in [0.4, 0.5) is 0 Å². The van der Waals surface area contributed by atoms with Gasteiger partial charge in [0.1, 0.15) is 10.7 Å². The molecule has 2 rings (SSSR count). The van der Waals surface area contributed by atoms with Gasteiger partial charge in [-0.1, -0.05) is 0 Å². The molecule has 2 aromatic rings. The van der Waals surface area contributed by atoms with Crippen molar-refractivity contribution in [2.24, 2.45) is 0 Å². The van der Waals surface area contributed by atoms with Crippen molar-refractivity contribution in [2.75, 3.05) is 14.2 Å². The lowest BCUT2D eigenvalue weighted by molar-refractivity contribution is -0.108. The second kappa shape index (κ2) is 5.37. The van der Waals surface area contributed by atoms with Crippen LogP contribution in [-0.4, -0.2) is 19.2 Å². The van der Waals surface area contributed by atoms with Gasteiger partial charge in [0, 0.05) is 29.5 Å². The normalized spacial score (nSPS) is 11.2. The lowest BCUT2D eigenvalue weighted by Crippen LogP contribution is -2.03. The number of ether oxygens (including phenoxy) is 2. The molecule has 0 N–H and O–H groups in total. The highest BCUT2D eigenvalue weighted by atomic mass is 79.9. The number of hydrogen-bond donors (Lipinski definition) is 0. The summed E-state index contributed by atoms with van der Waals surface area (Å²) >= 11 is 6.69. The van der Waals surface area contributed by atoms with Crippen molar-refractivity contribution >= 4 is 38.6 Å². The first-order valence-electron chi connectivity index (χ1n) is 4.50. The molecule has 0 saturated heterocycles. The van der Waals surface area contributed by atoms with Gasteiger partial charge >= 0.3 is 0 Å². The first-order chi connectivity index (χ1) is 7.74. The molecule has 0 radical (unpaired) electrons. The van der Waals surface area contributed by atoms with E-state index in [1.165, 1.54) is 0 Å². The van der Waals surface area contributed by atoms with Crippen molar-refractivity contribution in [1.29, 1.82) is 0 Å². The highest BCUT2D eigenvalue weighted by molar-refractivity contribution is 9.10. The summed E-state index contributed by atoms with van der Waals surface area (Å²) < 4.78 is 11.4. The molecule has 0 aromatic carbocycles. The fraction of sp³-hybridized carbons (Fsp3) is 0.300. The van der Waals surface area contributed by atoms with Crippen LogP contribution in [0.5, 0.6) is 0 Å². The molecule has 2 heterocycles. The summed E-state index contributed by atoms with van der Waals surface area (Å²) in [4.78, 5) is 5.64. The molecule has 0 amide bonds. The number of thiazole rings is 1. The number of methoxy groups -OCH3 is 2. The highest BCUT2D eigenvalue weighted by Crippen LogP contribution is 2.33. The van der Waals surface area contributed by atoms with E-state index < -0.39 is 0 Å². The molecule has 0 bridgehead atoms. The van der Waals surface area contributed by atoms with E-state index in [4.69, 9.17) is 9.47 Å². The van der Waals surface area contributed by atoms with Crippen molar-refractivity contribution in [2.45, 2.75) is 6.29 Å². The van der Waals surface area contributed by atoms with Crippen LogP contribution in [0.1, 0.15) is 12.0 Å². The third kappa shape index (κ3) is 2.52. The zero-order valence-electron chi connectivity index (χ0n) is 8.77. The molecule has 0 spiro atoms. The smallest absolute Gasteiger partial charge is 0.201 e. The largest absolute Gasteiger partial charge is 0.350 e. The SMILES string of the molecule is COC(OC)c1csc(-c2cc(Br)cs2)n1. The number of thiophene rings is 1. The maximum atomic E-state index is 5.16. The third-order valence-electron chi connectivity index (χ3n) is 1.97. The molecule has 0 aliphatic heterocycles. The summed E-state index contributed by atoms with van der Waals surface area (Å²) in [5.41, 5.74) is 0.814. The molecule has 16 heavy (non-hydrogen) atoms. The van der Waals surface area contributed by atoms with Crippen molar-refractivity contribution in [1.82, 2.24) is 4.98 Å². The highest BCUT2D eigenvalue weighted by Gasteiger charge is 2.14. The zero-order valence-corrected chi connectivity index (χ0v) is 12.0. The summed E-state index contributed by atoms with van der Waals surface area (Å²) in [5, 5.41) is 4.99. The summed E-state index contributed by atoms with van der Waals surface area (Å²) in [7, 11) is 3.21. The van der Waals surface area contributed by atoms with Crippen LogP contribution < -0.4 is 0 Å². The molecule has 0 aliphatic rings. The first-order valence-corrected chi connectivity index (χ1v) is 7.05. The van der Waals surface area contributed by atoms with Crippen LogP contribution in [-0.2, 0) is 9.47 Å². The Morgan fingerprint density at radius 3 is 2.56 bits per heavy atom. The van der Waals surface area contributed by atoms with E-state index in [1.54, 1.807) is 36.9 Å². The topological polar surface area (TPSA) is 31.4 Å². The maximum Gasteiger partial charge on any atom is 0.201 e. The molecular formula is C10H10BrNO2S2. The lowest BCUT2D eigenvalue weighted by atomic mass is 10.4. The minimum atomic E-state index is -0.381. The molecule has 2 aromatic heterocycles. The minimum absolute atomic E-state index is 0.381.